The summed E-state index contributed by atoms with van der Waals surface area (Å²) in [6.45, 7) is 4.05. The molecule has 0 saturated carbocycles. The van der Waals surface area contributed by atoms with E-state index < -0.39 is 0 Å². The van der Waals surface area contributed by atoms with Crippen LogP contribution in [0.25, 0.3) is 0 Å². The first-order valence-electron chi connectivity index (χ1n) is 7.09. The number of amides is 1. The van der Waals surface area contributed by atoms with Crippen LogP contribution < -0.4 is 10.6 Å². The topological polar surface area (TPSA) is 41.1 Å². The van der Waals surface area contributed by atoms with Crippen molar-refractivity contribution in [3.05, 3.63) is 28.2 Å². The lowest BCUT2D eigenvalue weighted by molar-refractivity contribution is -0.121. The Morgan fingerprint density at radius 3 is 2.75 bits per heavy atom. The standard InChI is InChI=1S/C15H20Cl2N2O/c1-2-11(10-6-8-18-9-7-10)15(20)19-13-5-3-4-12(16)14(13)17/h3-5,10-11,18H,2,6-9H2,1H3,(H,19,20). The van der Waals surface area contributed by atoms with E-state index in [1.54, 1.807) is 18.2 Å². The van der Waals surface area contributed by atoms with E-state index in [0.29, 0.717) is 21.7 Å². The molecule has 2 rings (SSSR count). The highest BCUT2D eigenvalue weighted by molar-refractivity contribution is 6.43. The molecule has 110 valence electrons. The van der Waals surface area contributed by atoms with Gasteiger partial charge in [0.15, 0.2) is 0 Å². The van der Waals surface area contributed by atoms with Crippen LogP contribution >= 0.6 is 23.2 Å². The molecule has 1 amide bonds. The highest BCUT2D eigenvalue weighted by Crippen LogP contribution is 2.31. The Balaban J connectivity index is 2.07. The number of hydrogen-bond acceptors (Lipinski definition) is 2. The van der Waals surface area contributed by atoms with Gasteiger partial charge in [0.25, 0.3) is 0 Å². The van der Waals surface area contributed by atoms with Crippen molar-refractivity contribution < 1.29 is 4.79 Å². The van der Waals surface area contributed by atoms with Crippen LogP contribution in [0.4, 0.5) is 5.69 Å². The minimum Gasteiger partial charge on any atom is -0.324 e. The number of carbonyl (C=O) groups is 1. The van der Waals surface area contributed by atoms with Crippen molar-refractivity contribution in [1.29, 1.82) is 0 Å². The van der Waals surface area contributed by atoms with E-state index >= 15 is 0 Å². The van der Waals surface area contributed by atoms with E-state index in [4.69, 9.17) is 23.2 Å². The molecule has 0 spiro atoms. The summed E-state index contributed by atoms with van der Waals surface area (Å²) < 4.78 is 0. The molecule has 0 bridgehead atoms. The summed E-state index contributed by atoms with van der Waals surface area (Å²) in [5.74, 6) is 0.523. The first-order chi connectivity index (χ1) is 9.63. The molecular formula is C15H20Cl2N2O. The second kappa shape index (κ2) is 7.30. The predicted octanol–water partition coefficient (Wildman–Crippen LogP) is 3.96. The fourth-order valence-electron chi connectivity index (χ4n) is 2.81. The number of halogens is 2. The van der Waals surface area contributed by atoms with Crippen molar-refractivity contribution in [3.63, 3.8) is 0 Å². The maximum Gasteiger partial charge on any atom is 0.227 e. The van der Waals surface area contributed by atoms with Crippen LogP contribution in [0.15, 0.2) is 18.2 Å². The van der Waals surface area contributed by atoms with Crippen LogP contribution in [0, 0.1) is 11.8 Å². The van der Waals surface area contributed by atoms with Crippen LogP contribution in [0.2, 0.25) is 10.0 Å². The first-order valence-corrected chi connectivity index (χ1v) is 7.84. The van der Waals surface area contributed by atoms with Crippen LogP contribution in [0.1, 0.15) is 26.2 Å². The van der Waals surface area contributed by atoms with Crippen molar-refractivity contribution in [3.8, 4) is 0 Å². The van der Waals surface area contributed by atoms with Gasteiger partial charge in [-0.2, -0.15) is 0 Å². The molecule has 2 N–H and O–H groups in total. The first kappa shape index (κ1) is 15.6. The van der Waals surface area contributed by atoms with E-state index in [-0.39, 0.29) is 11.8 Å². The van der Waals surface area contributed by atoms with Gasteiger partial charge in [0.2, 0.25) is 5.91 Å². The number of nitrogens with one attached hydrogen (secondary N) is 2. The van der Waals surface area contributed by atoms with Gasteiger partial charge in [0, 0.05) is 5.92 Å². The molecule has 1 unspecified atom stereocenters. The van der Waals surface area contributed by atoms with Gasteiger partial charge in [-0.25, -0.2) is 0 Å². The number of anilines is 1. The Morgan fingerprint density at radius 2 is 2.10 bits per heavy atom. The van der Waals surface area contributed by atoms with Crippen LogP contribution in [-0.2, 0) is 4.79 Å². The lowest BCUT2D eigenvalue weighted by Crippen LogP contribution is -2.36. The molecule has 20 heavy (non-hydrogen) atoms. The molecule has 1 atom stereocenters. The van der Waals surface area contributed by atoms with Gasteiger partial charge >= 0.3 is 0 Å². The molecule has 1 fully saturated rings. The predicted molar refractivity (Wildman–Crippen MR) is 84.5 cm³/mol. The van der Waals surface area contributed by atoms with Crippen LogP contribution in [0.5, 0.6) is 0 Å². The Bertz CT molecular complexity index is 473. The number of carbonyl (C=O) groups excluding carboxylic acids is 1. The lowest BCUT2D eigenvalue weighted by atomic mass is 9.82. The maximum atomic E-state index is 12.5. The van der Waals surface area contributed by atoms with Crippen LogP contribution in [-0.4, -0.2) is 19.0 Å². The molecule has 1 heterocycles. The molecular weight excluding hydrogens is 295 g/mol. The Morgan fingerprint density at radius 1 is 1.40 bits per heavy atom. The van der Waals surface area contributed by atoms with Crippen molar-refractivity contribution in [2.24, 2.45) is 11.8 Å². The van der Waals surface area contributed by atoms with E-state index in [1.807, 2.05) is 0 Å². The summed E-state index contributed by atoms with van der Waals surface area (Å²) in [7, 11) is 0. The highest BCUT2D eigenvalue weighted by atomic mass is 35.5. The third-order valence-electron chi connectivity index (χ3n) is 3.94. The summed E-state index contributed by atoms with van der Waals surface area (Å²) >= 11 is 12.1. The monoisotopic (exact) mass is 314 g/mol. The second-order valence-electron chi connectivity index (χ2n) is 5.19. The van der Waals surface area contributed by atoms with Crippen molar-refractivity contribution in [2.75, 3.05) is 18.4 Å². The van der Waals surface area contributed by atoms with Crippen molar-refractivity contribution in [2.45, 2.75) is 26.2 Å². The average Bonchev–Trinajstić information content (AvgIpc) is 2.46. The summed E-state index contributed by atoms with van der Waals surface area (Å²) in [6, 6.07) is 5.28. The van der Waals surface area contributed by atoms with Crippen molar-refractivity contribution in [1.82, 2.24) is 5.32 Å². The van der Waals surface area contributed by atoms with Crippen molar-refractivity contribution >= 4 is 34.8 Å². The molecule has 1 aliphatic rings. The van der Waals surface area contributed by atoms with E-state index in [2.05, 4.69) is 17.6 Å². The van der Waals surface area contributed by atoms with Gasteiger partial charge < -0.3 is 10.6 Å². The molecule has 1 aliphatic heterocycles. The van der Waals surface area contributed by atoms with E-state index in [9.17, 15) is 4.79 Å². The van der Waals surface area contributed by atoms with E-state index in [0.717, 1.165) is 32.4 Å². The van der Waals surface area contributed by atoms with Gasteiger partial charge in [-0.1, -0.05) is 36.2 Å². The smallest absolute Gasteiger partial charge is 0.227 e. The Kier molecular flexibility index (Phi) is 5.70. The number of hydrogen-bond donors (Lipinski definition) is 2. The quantitative estimate of drug-likeness (QED) is 0.883. The zero-order chi connectivity index (χ0) is 14.5. The fraction of sp³-hybridized carbons (Fsp3) is 0.533. The summed E-state index contributed by atoms with van der Waals surface area (Å²) in [5, 5.41) is 7.12. The van der Waals surface area contributed by atoms with Gasteiger partial charge in [0.05, 0.1) is 15.7 Å². The third kappa shape index (κ3) is 3.66. The van der Waals surface area contributed by atoms with Crippen LogP contribution in [0.3, 0.4) is 0 Å². The number of rotatable bonds is 4. The molecule has 3 nitrogen and oxygen atoms in total. The highest BCUT2D eigenvalue weighted by Gasteiger charge is 2.28. The minimum atomic E-state index is 0.0344. The lowest BCUT2D eigenvalue weighted by Gasteiger charge is -2.29. The summed E-state index contributed by atoms with van der Waals surface area (Å²) in [6.07, 6.45) is 2.94. The van der Waals surface area contributed by atoms with Gasteiger partial charge in [-0.05, 0) is 50.4 Å². The molecule has 1 saturated heterocycles. The fourth-order valence-corrected chi connectivity index (χ4v) is 3.15. The van der Waals surface area contributed by atoms with Gasteiger partial charge in [-0.15, -0.1) is 0 Å². The molecule has 0 radical (unpaired) electrons. The summed E-state index contributed by atoms with van der Waals surface area (Å²) in [5.41, 5.74) is 0.594. The van der Waals surface area contributed by atoms with Gasteiger partial charge in [0.1, 0.15) is 0 Å². The maximum absolute atomic E-state index is 12.5. The number of piperidine rings is 1. The summed E-state index contributed by atoms with van der Waals surface area (Å²) in [4.78, 5) is 12.5. The molecule has 0 aromatic heterocycles. The Labute approximate surface area is 130 Å². The molecule has 0 aliphatic carbocycles. The minimum absolute atomic E-state index is 0.0344. The normalized spacial score (nSPS) is 17.8. The molecule has 5 heteroatoms. The second-order valence-corrected chi connectivity index (χ2v) is 5.98. The third-order valence-corrected chi connectivity index (χ3v) is 4.76. The molecule has 1 aromatic rings. The van der Waals surface area contributed by atoms with Gasteiger partial charge in [-0.3, -0.25) is 4.79 Å². The zero-order valence-electron chi connectivity index (χ0n) is 11.6. The zero-order valence-corrected chi connectivity index (χ0v) is 13.1. The Hall–Kier alpha value is -0.770. The largest absolute Gasteiger partial charge is 0.324 e. The SMILES string of the molecule is CCC(C(=O)Nc1cccc(Cl)c1Cl)C1CCNCC1. The average molecular weight is 315 g/mol. The molecule has 1 aromatic carbocycles. The van der Waals surface area contributed by atoms with E-state index in [1.165, 1.54) is 0 Å². The number of benzene rings is 1.